The van der Waals surface area contributed by atoms with Crippen LogP contribution in [0, 0.1) is 0 Å². The molecule has 188 valence electrons. The summed E-state index contributed by atoms with van der Waals surface area (Å²) in [6, 6.07) is 33.3. The van der Waals surface area contributed by atoms with Crippen molar-refractivity contribution in [2.24, 2.45) is 0 Å². The van der Waals surface area contributed by atoms with E-state index in [1.807, 2.05) is 60.7 Å². The number of hydrogen-bond donors (Lipinski definition) is 2. The Morgan fingerprint density at radius 2 is 1.22 bits per heavy atom. The molecule has 7 heteroatoms. The first kappa shape index (κ1) is 25.3. The summed E-state index contributed by atoms with van der Waals surface area (Å²) in [5.41, 5.74) is 2.80. The highest BCUT2D eigenvalue weighted by Crippen LogP contribution is 2.18. The fraction of sp³-hybridized carbons (Fsp3) is 0.133. The van der Waals surface area contributed by atoms with Gasteiger partial charge in [0.05, 0.1) is 6.54 Å². The molecule has 0 aliphatic rings. The van der Waals surface area contributed by atoms with Crippen molar-refractivity contribution in [1.82, 2.24) is 0 Å². The second kappa shape index (κ2) is 12.8. The number of hydrogen-bond acceptors (Lipinski definition) is 5. The zero-order valence-corrected chi connectivity index (χ0v) is 20.6. The molecule has 0 heterocycles. The van der Waals surface area contributed by atoms with E-state index in [4.69, 9.17) is 9.47 Å². The molecule has 0 aliphatic carbocycles. The van der Waals surface area contributed by atoms with Crippen molar-refractivity contribution in [2.75, 3.05) is 42.3 Å². The molecule has 0 atom stereocenters. The molecule has 0 unspecified atom stereocenters. The molecule has 0 spiro atoms. The van der Waals surface area contributed by atoms with Crippen LogP contribution in [0.15, 0.2) is 109 Å². The molecular formula is C30H29N3O4. The molecule has 7 nitrogen and oxygen atoms in total. The van der Waals surface area contributed by atoms with Gasteiger partial charge in [0.2, 0.25) is 5.91 Å². The number of amides is 2. The average Bonchev–Trinajstić information content (AvgIpc) is 2.95. The van der Waals surface area contributed by atoms with Crippen molar-refractivity contribution >= 4 is 28.9 Å². The SMILES string of the molecule is CN(C(=O)c1ccc(NCC(=O)Nc2ccc(OCCOc3ccccc3)cc2)cc1)c1ccccc1. The Morgan fingerprint density at radius 3 is 1.84 bits per heavy atom. The summed E-state index contributed by atoms with van der Waals surface area (Å²) in [5, 5.41) is 5.92. The van der Waals surface area contributed by atoms with Gasteiger partial charge in [-0.05, 0) is 72.8 Å². The van der Waals surface area contributed by atoms with E-state index in [0.717, 1.165) is 17.1 Å². The first-order valence-electron chi connectivity index (χ1n) is 12.0. The number of para-hydroxylation sites is 2. The molecular weight excluding hydrogens is 466 g/mol. The van der Waals surface area contributed by atoms with Crippen LogP contribution in [-0.4, -0.2) is 38.6 Å². The standard InChI is InChI=1S/C30H29N3O4/c1-33(26-8-4-2-5-9-26)30(35)23-12-14-24(15-13-23)31-22-29(34)32-25-16-18-28(19-17-25)37-21-20-36-27-10-6-3-7-11-27/h2-19,31H,20-22H2,1H3,(H,32,34). The summed E-state index contributed by atoms with van der Waals surface area (Å²) >= 11 is 0. The maximum Gasteiger partial charge on any atom is 0.258 e. The van der Waals surface area contributed by atoms with Crippen LogP contribution in [-0.2, 0) is 4.79 Å². The lowest BCUT2D eigenvalue weighted by Gasteiger charge is -2.17. The first-order chi connectivity index (χ1) is 18.1. The quantitative estimate of drug-likeness (QED) is 0.270. The average molecular weight is 496 g/mol. The smallest absolute Gasteiger partial charge is 0.258 e. The second-order valence-corrected chi connectivity index (χ2v) is 8.21. The number of anilines is 3. The van der Waals surface area contributed by atoms with Gasteiger partial charge in [-0.3, -0.25) is 9.59 Å². The van der Waals surface area contributed by atoms with Crippen molar-refractivity contribution in [3.05, 3.63) is 115 Å². The molecule has 2 N–H and O–H groups in total. The Balaban J connectivity index is 1.18. The van der Waals surface area contributed by atoms with Crippen molar-refractivity contribution in [3.8, 4) is 11.5 Å². The van der Waals surface area contributed by atoms with E-state index in [9.17, 15) is 9.59 Å². The molecule has 4 aromatic carbocycles. The Labute approximate surface area is 216 Å². The maximum absolute atomic E-state index is 12.7. The number of carbonyl (C=O) groups is 2. The van der Waals surface area contributed by atoms with Crippen LogP contribution in [0.25, 0.3) is 0 Å². The highest BCUT2D eigenvalue weighted by Gasteiger charge is 2.13. The first-order valence-corrected chi connectivity index (χ1v) is 12.0. The van der Waals surface area contributed by atoms with Gasteiger partial charge in [0, 0.05) is 29.7 Å². The van der Waals surface area contributed by atoms with Crippen LogP contribution in [0.5, 0.6) is 11.5 Å². The van der Waals surface area contributed by atoms with E-state index in [-0.39, 0.29) is 18.4 Å². The van der Waals surface area contributed by atoms with Crippen LogP contribution >= 0.6 is 0 Å². The van der Waals surface area contributed by atoms with Crippen molar-refractivity contribution in [1.29, 1.82) is 0 Å². The van der Waals surface area contributed by atoms with Crippen molar-refractivity contribution < 1.29 is 19.1 Å². The summed E-state index contributed by atoms with van der Waals surface area (Å²) in [4.78, 5) is 26.7. The number of carbonyl (C=O) groups excluding carboxylic acids is 2. The number of benzene rings is 4. The van der Waals surface area contributed by atoms with Gasteiger partial charge in [-0.25, -0.2) is 0 Å². The lowest BCUT2D eigenvalue weighted by Crippen LogP contribution is -2.26. The minimum absolute atomic E-state index is 0.0896. The van der Waals surface area contributed by atoms with Gasteiger partial charge >= 0.3 is 0 Å². The summed E-state index contributed by atoms with van der Waals surface area (Å²) in [6.45, 7) is 0.941. The monoisotopic (exact) mass is 495 g/mol. The molecule has 0 aliphatic heterocycles. The predicted octanol–water partition coefficient (Wildman–Crippen LogP) is 5.47. The summed E-state index contributed by atoms with van der Waals surface area (Å²) in [7, 11) is 1.74. The zero-order valence-electron chi connectivity index (χ0n) is 20.6. The van der Waals surface area contributed by atoms with Gasteiger partial charge in [0.15, 0.2) is 0 Å². The van der Waals surface area contributed by atoms with E-state index in [1.165, 1.54) is 0 Å². The Morgan fingerprint density at radius 1 is 0.676 bits per heavy atom. The maximum atomic E-state index is 12.7. The van der Waals surface area contributed by atoms with E-state index >= 15 is 0 Å². The van der Waals surface area contributed by atoms with Crippen molar-refractivity contribution in [2.45, 2.75) is 0 Å². The fourth-order valence-corrected chi connectivity index (χ4v) is 3.55. The minimum atomic E-state index is -0.186. The highest BCUT2D eigenvalue weighted by molar-refractivity contribution is 6.05. The third kappa shape index (κ3) is 7.60. The van der Waals surface area contributed by atoms with Crippen LogP contribution in [0.2, 0.25) is 0 Å². The summed E-state index contributed by atoms with van der Waals surface area (Å²) < 4.78 is 11.3. The molecule has 0 saturated heterocycles. The number of nitrogens with one attached hydrogen (secondary N) is 2. The van der Waals surface area contributed by atoms with Gasteiger partial charge in [-0.1, -0.05) is 36.4 Å². The third-order valence-electron chi connectivity index (χ3n) is 5.54. The molecule has 4 aromatic rings. The molecule has 2 amide bonds. The summed E-state index contributed by atoms with van der Waals surface area (Å²) in [6.07, 6.45) is 0. The van der Waals surface area contributed by atoms with Gasteiger partial charge in [0.1, 0.15) is 24.7 Å². The number of nitrogens with zero attached hydrogens (tertiary/aromatic N) is 1. The zero-order chi connectivity index (χ0) is 25.9. The normalized spacial score (nSPS) is 10.3. The summed E-state index contributed by atoms with van der Waals surface area (Å²) in [5.74, 6) is 1.21. The van der Waals surface area contributed by atoms with Gasteiger partial charge in [-0.2, -0.15) is 0 Å². The fourth-order valence-electron chi connectivity index (χ4n) is 3.55. The largest absolute Gasteiger partial charge is 0.490 e. The second-order valence-electron chi connectivity index (χ2n) is 8.21. The van der Waals surface area contributed by atoms with Crippen LogP contribution in [0.3, 0.4) is 0 Å². The number of rotatable bonds is 11. The van der Waals surface area contributed by atoms with Crippen LogP contribution < -0.4 is 25.0 Å². The van der Waals surface area contributed by atoms with Gasteiger partial charge < -0.3 is 25.0 Å². The van der Waals surface area contributed by atoms with E-state index < -0.39 is 0 Å². The van der Waals surface area contributed by atoms with E-state index in [0.29, 0.717) is 30.2 Å². The Hall–Kier alpha value is -4.78. The molecule has 0 aromatic heterocycles. The van der Waals surface area contributed by atoms with E-state index in [1.54, 1.807) is 60.5 Å². The van der Waals surface area contributed by atoms with Crippen molar-refractivity contribution in [3.63, 3.8) is 0 Å². The molecule has 4 rings (SSSR count). The van der Waals surface area contributed by atoms with Gasteiger partial charge in [-0.15, -0.1) is 0 Å². The Bertz CT molecular complexity index is 1280. The number of ether oxygens (including phenoxy) is 2. The highest BCUT2D eigenvalue weighted by atomic mass is 16.5. The minimum Gasteiger partial charge on any atom is -0.490 e. The lowest BCUT2D eigenvalue weighted by atomic mass is 10.1. The van der Waals surface area contributed by atoms with Crippen LogP contribution in [0.1, 0.15) is 10.4 Å². The molecule has 0 radical (unpaired) electrons. The van der Waals surface area contributed by atoms with Crippen LogP contribution in [0.4, 0.5) is 17.1 Å². The lowest BCUT2D eigenvalue weighted by molar-refractivity contribution is -0.114. The predicted molar refractivity (Wildman–Crippen MR) is 147 cm³/mol. The third-order valence-corrected chi connectivity index (χ3v) is 5.54. The topological polar surface area (TPSA) is 79.9 Å². The molecule has 0 fully saturated rings. The molecule has 0 bridgehead atoms. The van der Waals surface area contributed by atoms with Gasteiger partial charge in [0.25, 0.3) is 5.91 Å². The molecule has 0 saturated carbocycles. The van der Waals surface area contributed by atoms with E-state index in [2.05, 4.69) is 10.6 Å². The molecule has 37 heavy (non-hydrogen) atoms. The Kier molecular flexibility index (Phi) is 8.75.